The molecule has 0 spiro atoms. The summed E-state index contributed by atoms with van der Waals surface area (Å²) in [4.78, 5) is 4.00. The molecule has 1 aromatic rings. The van der Waals surface area contributed by atoms with E-state index in [4.69, 9.17) is 21.1 Å². The van der Waals surface area contributed by atoms with Crippen molar-refractivity contribution in [2.45, 2.75) is 30.9 Å². The summed E-state index contributed by atoms with van der Waals surface area (Å²) in [6, 6.07) is 3.83. The molecule has 2 rings (SSSR count). The average Bonchev–Trinajstić information content (AvgIpc) is 2.45. The fourth-order valence-corrected chi connectivity index (χ4v) is 2.67. The number of nitrogen functional groups attached to an aromatic ring is 1. The van der Waals surface area contributed by atoms with Crippen LogP contribution in [0.5, 0.6) is 0 Å². The van der Waals surface area contributed by atoms with E-state index in [1.807, 2.05) is 12.1 Å². The molecule has 5 N–H and O–H groups in total. The lowest BCUT2D eigenvalue weighted by atomic mass is 9.83. The van der Waals surface area contributed by atoms with Gasteiger partial charge in [0.05, 0.1) is 11.6 Å². The Hall–Kier alpha value is -1.21. The van der Waals surface area contributed by atoms with Gasteiger partial charge in [0.2, 0.25) is 0 Å². The van der Waals surface area contributed by atoms with E-state index in [0.29, 0.717) is 19.0 Å². The Kier molecular flexibility index (Phi) is 4.71. The van der Waals surface area contributed by atoms with E-state index in [1.54, 1.807) is 13.3 Å². The number of nitrogens with zero attached hydrogens (tertiary/aromatic N) is 1. The van der Waals surface area contributed by atoms with Gasteiger partial charge in [-0.1, -0.05) is 0 Å². The monoisotopic (exact) mass is 266 g/mol. The van der Waals surface area contributed by atoms with E-state index in [2.05, 4.69) is 10.4 Å². The van der Waals surface area contributed by atoms with Crippen molar-refractivity contribution in [1.29, 1.82) is 0 Å². The van der Waals surface area contributed by atoms with Gasteiger partial charge in [0.15, 0.2) is 0 Å². The number of pyridine rings is 1. The molecule has 0 aromatic carbocycles. The number of hydrogen-bond acceptors (Lipinski definition) is 6. The lowest BCUT2D eigenvalue weighted by Crippen LogP contribution is -2.58. The molecule has 1 atom stereocenters. The third kappa shape index (κ3) is 3.22. The molecule has 0 radical (unpaired) electrons. The Bertz CT molecular complexity index is 407. The molecule has 1 aliphatic rings. The van der Waals surface area contributed by atoms with Gasteiger partial charge in [-0.05, 0) is 24.1 Å². The maximum atomic E-state index is 5.76. The zero-order valence-corrected chi connectivity index (χ0v) is 11.3. The number of hydrogen-bond donors (Lipinski definition) is 3. The van der Waals surface area contributed by atoms with Crippen LogP contribution in [0.2, 0.25) is 0 Å². The van der Waals surface area contributed by atoms with Gasteiger partial charge in [-0.25, -0.2) is 4.98 Å². The van der Waals surface area contributed by atoms with E-state index in [0.717, 1.165) is 24.8 Å². The van der Waals surface area contributed by atoms with Crippen molar-refractivity contribution >= 4 is 5.82 Å². The SMILES string of the molecule is COC1(C(Cc2ccnc(N)c2)NN)CCOCC1. The number of nitrogens with two attached hydrogens (primary N) is 2. The Morgan fingerprint density at radius 2 is 2.26 bits per heavy atom. The van der Waals surface area contributed by atoms with E-state index < -0.39 is 0 Å². The highest BCUT2D eigenvalue weighted by Gasteiger charge is 2.40. The highest BCUT2D eigenvalue weighted by molar-refractivity contribution is 5.32. The van der Waals surface area contributed by atoms with Gasteiger partial charge in [0.25, 0.3) is 0 Å². The van der Waals surface area contributed by atoms with Gasteiger partial charge in [-0.2, -0.15) is 0 Å². The first-order valence-corrected chi connectivity index (χ1v) is 6.49. The van der Waals surface area contributed by atoms with Gasteiger partial charge in [0.1, 0.15) is 5.82 Å². The largest absolute Gasteiger partial charge is 0.384 e. The maximum Gasteiger partial charge on any atom is 0.123 e. The number of rotatable bonds is 5. The summed E-state index contributed by atoms with van der Waals surface area (Å²) >= 11 is 0. The number of hydrazine groups is 1. The number of aromatic nitrogens is 1. The van der Waals surface area contributed by atoms with Crippen LogP contribution in [0.25, 0.3) is 0 Å². The highest BCUT2D eigenvalue weighted by atomic mass is 16.5. The van der Waals surface area contributed by atoms with Crippen molar-refractivity contribution < 1.29 is 9.47 Å². The van der Waals surface area contributed by atoms with Crippen LogP contribution in [0.15, 0.2) is 18.3 Å². The maximum absolute atomic E-state index is 5.76. The Labute approximate surface area is 113 Å². The predicted molar refractivity (Wildman–Crippen MR) is 73.3 cm³/mol. The molecule has 0 amide bonds. The molecule has 6 nitrogen and oxygen atoms in total. The van der Waals surface area contributed by atoms with Gasteiger partial charge >= 0.3 is 0 Å². The zero-order chi connectivity index (χ0) is 13.7. The quantitative estimate of drug-likeness (QED) is 0.522. The summed E-state index contributed by atoms with van der Waals surface area (Å²) in [6.07, 6.45) is 4.12. The van der Waals surface area contributed by atoms with Crippen molar-refractivity contribution in [2.24, 2.45) is 5.84 Å². The van der Waals surface area contributed by atoms with Gasteiger partial charge < -0.3 is 15.2 Å². The summed E-state index contributed by atoms with van der Waals surface area (Å²) in [7, 11) is 1.73. The topological polar surface area (TPSA) is 95.4 Å². The van der Waals surface area contributed by atoms with E-state index in [9.17, 15) is 0 Å². The van der Waals surface area contributed by atoms with Crippen LogP contribution >= 0.6 is 0 Å². The number of anilines is 1. The first kappa shape index (κ1) is 14.2. The number of ether oxygens (including phenoxy) is 2. The van der Waals surface area contributed by atoms with E-state index in [-0.39, 0.29) is 11.6 Å². The van der Waals surface area contributed by atoms with Crippen LogP contribution < -0.4 is 17.0 Å². The van der Waals surface area contributed by atoms with Crippen molar-refractivity contribution in [1.82, 2.24) is 10.4 Å². The molecule has 2 heterocycles. The molecule has 1 fully saturated rings. The van der Waals surface area contributed by atoms with Crippen LogP contribution in [0.3, 0.4) is 0 Å². The van der Waals surface area contributed by atoms with Crippen LogP contribution in [0.4, 0.5) is 5.82 Å². The van der Waals surface area contributed by atoms with E-state index >= 15 is 0 Å². The van der Waals surface area contributed by atoms with Crippen molar-refractivity contribution in [3.63, 3.8) is 0 Å². The van der Waals surface area contributed by atoms with Crippen LogP contribution in [0, 0.1) is 0 Å². The fourth-order valence-electron chi connectivity index (χ4n) is 2.67. The minimum Gasteiger partial charge on any atom is -0.384 e. The van der Waals surface area contributed by atoms with Crippen molar-refractivity contribution in [3.05, 3.63) is 23.9 Å². The molecule has 1 saturated heterocycles. The normalized spacial score (nSPS) is 20.1. The van der Waals surface area contributed by atoms with Crippen molar-refractivity contribution in [2.75, 3.05) is 26.1 Å². The molecule has 1 unspecified atom stereocenters. The molecule has 0 bridgehead atoms. The minimum absolute atomic E-state index is 0.0169. The highest BCUT2D eigenvalue weighted by Crippen LogP contribution is 2.29. The van der Waals surface area contributed by atoms with E-state index in [1.165, 1.54) is 0 Å². The third-order valence-corrected chi connectivity index (χ3v) is 3.87. The summed E-state index contributed by atoms with van der Waals surface area (Å²) in [6.45, 7) is 1.40. The lowest BCUT2D eigenvalue weighted by molar-refractivity contribution is -0.110. The second-order valence-electron chi connectivity index (χ2n) is 4.89. The molecule has 19 heavy (non-hydrogen) atoms. The molecular weight excluding hydrogens is 244 g/mol. The Morgan fingerprint density at radius 1 is 1.53 bits per heavy atom. The molecule has 1 aliphatic heterocycles. The standard InChI is InChI=1S/C13H22N4O2/c1-18-13(3-6-19-7-4-13)11(17-15)8-10-2-5-16-12(14)9-10/h2,5,9,11,17H,3-4,6-8,15H2,1H3,(H2,14,16). The van der Waals surface area contributed by atoms with Crippen molar-refractivity contribution in [3.8, 4) is 0 Å². The molecule has 0 saturated carbocycles. The second-order valence-corrected chi connectivity index (χ2v) is 4.89. The second kappa shape index (κ2) is 6.29. The molecular formula is C13H22N4O2. The van der Waals surface area contributed by atoms with Crippen LogP contribution in [-0.4, -0.2) is 37.0 Å². The fraction of sp³-hybridized carbons (Fsp3) is 0.615. The average molecular weight is 266 g/mol. The van der Waals surface area contributed by atoms with Gasteiger partial charge in [-0.15, -0.1) is 0 Å². The summed E-state index contributed by atoms with van der Waals surface area (Å²) in [5, 5.41) is 0. The summed E-state index contributed by atoms with van der Waals surface area (Å²) in [5.41, 5.74) is 9.40. The van der Waals surface area contributed by atoms with Crippen LogP contribution in [-0.2, 0) is 15.9 Å². The van der Waals surface area contributed by atoms with Gasteiger partial charge in [-0.3, -0.25) is 11.3 Å². The first-order chi connectivity index (χ1) is 9.20. The smallest absolute Gasteiger partial charge is 0.123 e. The summed E-state index contributed by atoms with van der Waals surface area (Å²) < 4.78 is 11.2. The molecule has 1 aromatic heterocycles. The lowest BCUT2D eigenvalue weighted by Gasteiger charge is -2.42. The third-order valence-electron chi connectivity index (χ3n) is 3.87. The minimum atomic E-state index is -0.287. The Morgan fingerprint density at radius 3 is 2.84 bits per heavy atom. The number of methoxy groups -OCH3 is 1. The summed E-state index contributed by atoms with van der Waals surface area (Å²) in [5.74, 6) is 6.25. The first-order valence-electron chi connectivity index (χ1n) is 6.49. The zero-order valence-electron chi connectivity index (χ0n) is 11.3. The molecule has 6 heteroatoms. The van der Waals surface area contributed by atoms with Crippen LogP contribution in [0.1, 0.15) is 18.4 Å². The Balaban J connectivity index is 2.14. The number of nitrogens with one attached hydrogen (secondary N) is 1. The molecule has 106 valence electrons. The predicted octanol–water partition coefficient (Wildman–Crippen LogP) is 0.234. The molecule has 0 aliphatic carbocycles. The van der Waals surface area contributed by atoms with Gasteiger partial charge in [0, 0.05) is 39.4 Å².